The van der Waals surface area contributed by atoms with Crippen LogP contribution in [0, 0.1) is 5.41 Å². The van der Waals surface area contributed by atoms with Gasteiger partial charge in [-0.3, -0.25) is 9.48 Å². The highest BCUT2D eigenvalue weighted by Crippen LogP contribution is 2.28. The minimum absolute atomic E-state index is 0.0648. The van der Waals surface area contributed by atoms with Gasteiger partial charge in [-0.05, 0) is 38.4 Å². The summed E-state index contributed by atoms with van der Waals surface area (Å²) >= 11 is 0. The zero-order chi connectivity index (χ0) is 18.1. The van der Waals surface area contributed by atoms with Gasteiger partial charge in [0.25, 0.3) is 0 Å². The molecule has 1 aromatic rings. The van der Waals surface area contributed by atoms with Gasteiger partial charge < -0.3 is 10.6 Å². The molecule has 1 aromatic heterocycles. The van der Waals surface area contributed by atoms with Crippen molar-refractivity contribution in [3.8, 4) is 0 Å². The first kappa shape index (κ1) is 18.3. The Hall–Kier alpha value is -1.45. The molecule has 2 aliphatic heterocycles. The van der Waals surface area contributed by atoms with Crippen molar-refractivity contribution in [2.45, 2.75) is 45.8 Å². The maximum atomic E-state index is 12.5. The highest BCUT2D eigenvalue weighted by Gasteiger charge is 2.34. The van der Waals surface area contributed by atoms with Crippen LogP contribution in [0.25, 0.3) is 0 Å². The molecule has 0 radical (unpaired) electrons. The van der Waals surface area contributed by atoms with Crippen LogP contribution in [0.15, 0.2) is 6.07 Å². The normalized spacial score (nSPS) is 21.4. The summed E-state index contributed by atoms with van der Waals surface area (Å²) < 4.78 is 27.0. The molecule has 0 unspecified atom stereocenters. The number of sulfonamides is 1. The Kier molecular flexibility index (Phi) is 5.17. The van der Waals surface area contributed by atoms with Crippen LogP contribution in [-0.4, -0.2) is 54.3 Å². The lowest BCUT2D eigenvalue weighted by molar-refractivity contribution is -0.131. The Morgan fingerprint density at radius 2 is 2.08 bits per heavy atom. The van der Waals surface area contributed by atoms with Gasteiger partial charge in [-0.15, -0.1) is 0 Å². The summed E-state index contributed by atoms with van der Waals surface area (Å²) in [4.78, 5) is 12.5. The van der Waals surface area contributed by atoms with Crippen LogP contribution in [-0.2, 0) is 34.5 Å². The molecule has 0 spiro atoms. The Bertz CT molecular complexity index is 737. The first-order chi connectivity index (χ1) is 11.8. The number of hydrogen-bond donors (Lipinski definition) is 2. The predicted octanol–water partition coefficient (Wildman–Crippen LogP) is 0.0543. The second-order valence-corrected chi connectivity index (χ2v) is 9.28. The molecule has 0 saturated carbocycles. The minimum Gasteiger partial charge on any atom is -0.350 e. The van der Waals surface area contributed by atoms with Gasteiger partial charge in [-0.1, -0.05) is 6.92 Å². The number of carbonyl (C=O) groups is 1. The summed E-state index contributed by atoms with van der Waals surface area (Å²) in [6, 6.07) is 1.90. The lowest BCUT2D eigenvalue weighted by atomic mass is 9.80. The van der Waals surface area contributed by atoms with E-state index in [2.05, 4.69) is 15.7 Å². The van der Waals surface area contributed by atoms with E-state index in [-0.39, 0.29) is 11.3 Å². The van der Waals surface area contributed by atoms with E-state index in [4.69, 9.17) is 0 Å². The third-order valence-electron chi connectivity index (χ3n) is 5.18. The topological polar surface area (TPSA) is 96.3 Å². The number of nitrogens with zero attached hydrogens (tertiary/aromatic N) is 3. The van der Waals surface area contributed by atoms with Crippen LogP contribution in [0.1, 0.15) is 37.6 Å². The largest absolute Gasteiger partial charge is 0.350 e. The highest BCUT2D eigenvalue weighted by molar-refractivity contribution is 7.88. The molecule has 3 heterocycles. The summed E-state index contributed by atoms with van der Waals surface area (Å²) in [6.07, 6.45) is 3.64. The maximum absolute atomic E-state index is 12.5. The fraction of sp³-hybridized carbons (Fsp3) is 0.750. The van der Waals surface area contributed by atoms with Gasteiger partial charge in [0, 0.05) is 18.5 Å². The van der Waals surface area contributed by atoms with Crippen LogP contribution in [0.5, 0.6) is 0 Å². The zero-order valence-corrected chi connectivity index (χ0v) is 15.7. The Balaban J connectivity index is 1.64. The molecule has 0 aliphatic carbocycles. The van der Waals surface area contributed by atoms with Crippen molar-refractivity contribution in [3.63, 3.8) is 0 Å². The van der Waals surface area contributed by atoms with E-state index >= 15 is 0 Å². The second-order valence-electron chi connectivity index (χ2n) is 7.29. The molecule has 2 aliphatic rings. The number of nitrogens with one attached hydrogen (secondary N) is 2. The van der Waals surface area contributed by atoms with Gasteiger partial charge in [-0.25, -0.2) is 8.42 Å². The van der Waals surface area contributed by atoms with Gasteiger partial charge in [0.15, 0.2) is 0 Å². The quantitative estimate of drug-likeness (QED) is 0.782. The Labute approximate surface area is 149 Å². The number of aryl methyl sites for hydroxylation is 1. The summed E-state index contributed by atoms with van der Waals surface area (Å²) in [5, 5.41) is 10.8. The van der Waals surface area contributed by atoms with Gasteiger partial charge in [-0.2, -0.15) is 9.40 Å². The third-order valence-corrected chi connectivity index (χ3v) is 6.43. The maximum Gasteiger partial charge on any atom is 0.226 e. The summed E-state index contributed by atoms with van der Waals surface area (Å²) in [7, 11) is -3.21. The zero-order valence-electron chi connectivity index (χ0n) is 14.9. The lowest BCUT2D eigenvalue weighted by Crippen LogP contribution is -2.45. The number of aromatic nitrogens is 2. The molecule has 3 rings (SSSR count). The van der Waals surface area contributed by atoms with E-state index in [1.165, 1.54) is 10.6 Å². The molecule has 1 amide bonds. The average molecular weight is 369 g/mol. The molecule has 0 atom stereocenters. The van der Waals surface area contributed by atoms with Crippen molar-refractivity contribution in [3.05, 3.63) is 17.5 Å². The van der Waals surface area contributed by atoms with E-state index in [0.717, 1.165) is 43.7 Å². The number of hydrogen-bond acceptors (Lipinski definition) is 5. The standard InChI is InChI=1S/C16H27N5O3S/c1-16(4-6-17-7-5-16)15(22)18-11-13-10-14-12-20(25(2,23)24)8-3-9-21(14)19-13/h10,17H,3-9,11-12H2,1-2H3,(H,18,22). The molecule has 1 fully saturated rings. The summed E-state index contributed by atoms with van der Waals surface area (Å²) in [6.45, 7) is 5.66. The van der Waals surface area contributed by atoms with E-state index in [0.29, 0.717) is 26.2 Å². The minimum atomic E-state index is -3.21. The van der Waals surface area contributed by atoms with Crippen molar-refractivity contribution < 1.29 is 13.2 Å². The van der Waals surface area contributed by atoms with Crippen molar-refractivity contribution >= 4 is 15.9 Å². The SMILES string of the molecule is CC1(C(=O)NCc2cc3n(n2)CCCN(S(C)(=O)=O)C3)CCNCC1. The number of fused-ring (bicyclic) bond motifs is 1. The molecule has 0 bridgehead atoms. The van der Waals surface area contributed by atoms with Crippen molar-refractivity contribution in [2.75, 3.05) is 25.9 Å². The number of piperidine rings is 1. The van der Waals surface area contributed by atoms with Crippen molar-refractivity contribution in [1.82, 2.24) is 24.7 Å². The molecule has 0 aromatic carbocycles. The molecule has 25 heavy (non-hydrogen) atoms. The van der Waals surface area contributed by atoms with Crippen LogP contribution < -0.4 is 10.6 Å². The summed E-state index contributed by atoms with van der Waals surface area (Å²) in [5.41, 5.74) is 1.33. The highest BCUT2D eigenvalue weighted by atomic mass is 32.2. The molecular weight excluding hydrogens is 342 g/mol. The molecule has 140 valence electrons. The average Bonchev–Trinajstić information content (AvgIpc) is 2.82. The second kappa shape index (κ2) is 7.05. The molecule has 8 nitrogen and oxygen atoms in total. The number of rotatable bonds is 4. The Morgan fingerprint density at radius 1 is 1.36 bits per heavy atom. The van der Waals surface area contributed by atoms with Gasteiger partial charge in [0.1, 0.15) is 0 Å². The predicted molar refractivity (Wildman–Crippen MR) is 94.2 cm³/mol. The first-order valence-corrected chi connectivity index (χ1v) is 10.6. The third kappa shape index (κ3) is 4.21. The monoisotopic (exact) mass is 369 g/mol. The molecule has 2 N–H and O–H groups in total. The van der Waals surface area contributed by atoms with Crippen LogP contribution in [0.3, 0.4) is 0 Å². The fourth-order valence-electron chi connectivity index (χ4n) is 3.45. The summed E-state index contributed by atoms with van der Waals surface area (Å²) in [5.74, 6) is 0.0648. The Morgan fingerprint density at radius 3 is 2.76 bits per heavy atom. The van der Waals surface area contributed by atoms with Crippen LogP contribution >= 0.6 is 0 Å². The van der Waals surface area contributed by atoms with Crippen molar-refractivity contribution in [2.24, 2.45) is 5.41 Å². The molecule has 9 heteroatoms. The van der Waals surface area contributed by atoms with Crippen molar-refractivity contribution in [1.29, 1.82) is 0 Å². The van der Waals surface area contributed by atoms with Gasteiger partial charge in [0.05, 0.1) is 30.7 Å². The van der Waals surface area contributed by atoms with E-state index < -0.39 is 10.0 Å². The fourth-order valence-corrected chi connectivity index (χ4v) is 4.28. The van der Waals surface area contributed by atoms with E-state index in [1.54, 1.807) is 0 Å². The van der Waals surface area contributed by atoms with Gasteiger partial charge in [0.2, 0.25) is 15.9 Å². The van der Waals surface area contributed by atoms with E-state index in [1.807, 2.05) is 17.7 Å². The molecule has 1 saturated heterocycles. The first-order valence-electron chi connectivity index (χ1n) is 8.78. The van der Waals surface area contributed by atoms with Crippen LogP contribution in [0.2, 0.25) is 0 Å². The van der Waals surface area contributed by atoms with E-state index in [9.17, 15) is 13.2 Å². The number of carbonyl (C=O) groups excluding carboxylic acids is 1. The smallest absolute Gasteiger partial charge is 0.226 e. The lowest BCUT2D eigenvalue weighted by Gasteiger charge is -2.32. The van der Waals surface area contributed by atoms with Gasteiger partial charge >= 0.3 is 0 Å². The number of amides is 1. The van der Waals surface area contributed by atoms with Crippen LogP contribution in [0.4, 0.5) is 0 Å². The molecular formula is C16H27N5O3S.